The molecule has 0 radical (unpaired) electrons. The summed E-state index contributed by atoms with van der Waals surface area (Å²) in [5, 5.41) is 4.52. The van der Waals surface area contributed by atoms with Crippen LogP contribution in [0.15, 0.2) is 35.7 Å². The molecule has 1 aromatic carbocycles. The average Bonchev–Trinajstić information content (AvgIpc) is 2.83. The zero-order valence-corrected chi connectivity index (χ0v) is 12.7. The summed E-state index contributed by atoms with van der Waals surface area (Å²) in [5.74, 6) is -0.677. The molecule has 2 aromatic rings. The zero-order chi connectivity index (χ0) is 16.2. The number of aryl methyl sites for hydroxylation is 1. The molecule has 1 atom stereocenters. The van der Waals surface area contributed by atoms with E-state index in [9.17, 15) is 18.0 Å². The molecule has 0 aliphatic rings. The number of alkyl halides is 3. The molecule has 118 valence electrons. The maximum atomic E-state index is 13.1. The van der Waals surface area contributed by atoms with Crippen LogP contribution in [0.4, 0.5) is 13.2 Å². The number of rotatable bonds is 5. The summed E-state index contributed by atoms with van der Waals surface area (Å²) in [5.41, 5.74) is 1.01. The van der Waals surface area contributed by atoms with Gasteiger partial charge < -0.3 is 5.32 Å². The van der Waals surface area contributed by atoms with Gasteiger partial charge in [-0.2, -0.15) is 13.2 Å². The molecule has 0 bridgehead atoms. The number of benzene rings is 1. The highest BCUT2D eigenvalue weighted by atomic mass is 32.1. The molecule has 2 rings (SSSR count). The number of nitrogens with zero attached hydrogens (tertiary/aromatic N) is 1. The fourth-order valence-corrected chi connectivity index (χ4v) is 2.61. The summed E-state index contributed by atoms with van der Waals surface area (Å²) in [6, 6.07) is 6.38. The third-order valence-electron chi connectivity index (χ3n) is 3.02. The van der Waals surface area contributed by atoms with Crippen molar-refractivity contribution in [1.29, 1.82) is 0 Å². The lowest BCUT2D eigenvalue weighted by Gasteiger charge is -2.21. The van der Waals surface area contributed by atoms with Gasteiger partial charge in [0.1, 0.15) is 6.04 Å². The second kappa shape index (κ2) is 6.91. The van der Waals surface area contributed by atoms with Crippen LogP contribution in [-0.4, -0.2) is 23.1 Å². The van der Waals surface area contributed by atoms with Gasteiger partial charge in [0.25, 0.3) is 0 Å². The van der Waals surface area contributed by atoms with E-state index in [4.69, 9.17) is 0 Å². The van der Waals surface area contributed by atoms with Crippen molar-refractivity contribution in [3.8, 4) is 0 Å². The number of halogens is 3. The van der Waals surface area contributed by atoms with E-state index in [-0.39, 0.29) is 12.8 Å². The molecule has 1 N–H and O–H groups in total. The van der Waals surface area contributed by atoms with Crippen LogP contribution in [0.2, 0.25) is 0 Å². The largest absolute Gasteiger partial charge is 0.408 e. The van der Waals surface area contributed by atoms with Gasteiger partial charge in [-0.3, -0.25) is 4.79 Å². The fourth-order valence-electron chi connectivity index (χ4n) is 2.00. The van der Waals surface area contributed by atoms with E-state index in [0.29, 0.717) is 11.3 Å². The molecule has 1 aromatic heterocycles. The summed E-state index contributed by atoms with van der Waals surface area (Å²) < 4.78 is 39.2. The molecule has 0 unspecified atom stereocenters. The van der Waals surface area contributed by atoms with Crippen molar-refractivity contribution < 1.29 is 18.0 Å². The fraction of sp³-hybridized carbons (Fsp3) is 0.333. The Morgan fingerprint density at radius 1 is 1.32 bits per heavy atom. The standard InChI is InChI=1S/C15H15F3N2OS/c1-10-19-12(9-22-10)8-14(21)20-13(15(16,17)18)7-11-5-3-2-4-6-11/h2-6,9,13H,7-8H2,1H3,(H,20,21)/t13-/m1/s1. The summed E-state index contributed by atoms with van der Waals surface area (Å²) in [7, 11) is 0. The van der Waals surface area contributed by atoms with Crippen LogP contribution >= 0.6 is 11.3 Å². The Kier molecular flexibility index (Phi) is 5.18. The highest BCUT2D eigenvalue weighted by molar-refractivity contribution is 7.09. The number of aromatic nitrogens is 1. The number of hydrogen-bond donors (Lipinski definition) is 1. The van der Waals surface area contributed by atoms with E-state index < -0.39 is 18.1 Å². The average molecular weight is 328 g/mol. The Morgan fingerprint density at radius 2 is 2.00 bits per heavy atom. The first-order chi connectivity index (χ1) is 10.3. The van der Waals surface area contributed by atoms with Gasteiger partial charge in [0.05, 0.1) is 17.1 Å². The number of carbonyl (C=O) groups excluding carboxylic acids is 1. The molecule has 0 spiro atoms. The highest BCUT2D eigenvalue weighted by Gasteiger charge is 2.40. The molecule has 1 amide bonds. The third kappa shape index (κ3) is 4.84. The van der Waals surface area contributed by atoms with Gasteiger partial charge in [-0.25, -0.2) is 4.98 Å². The van der Waals surface area contributed by atoms with Gasteiger partial charge >= 0.3 is 6.18 Å². The van der Waals surface area contributed by atoms with Crippen LogP contribution in [0.25, 0.3) is 0 Å². The lowest BCUT2D eigenvalue weighted by Crippen LogP contribution is -2.47. The topological polar surface area (TPSA) is 42.0 Å². The number of amides is 1. The van der Waals surface area contributed by atoms with Crippen LogP contribution in [-0.2, 0) is 17.6 Å². The first kappa shape index (κ1) is 16.5. The SMILES string of the molecule is Cc1nc(CC(=O)N[C@H](Cc2ccccc2)C(F)(F)F)cs1. The van der Waals surface area contributed by atoms with Crippen molar-refractivity contribution in [2.45, 2.75) is 32.0 Å². The van der Waals surface area contributed by atoms with Gasteiger partial charge in [0, 0.05) is 11.8 Å². The smallest absolute Gasteiger partial charge is 0.344 e. The molecule has 22 heavy (non-hydrogen) atoms. The normalized spacial score (nSPS) is 12.9. The number of carbonyl (C=O) groups is 1. The van der Waals surface area contributed by atoms with Gasteiger partial charge in [-0.1, -0.05) is 30.3 Å². The molecule has 0 saturated carbocycles. The van der Waals surface area contributed by atoms with E-state index in [1.165, 1.54) is 11.3 Å². The number of hydrogen-bond acceptors (Lipinski definition) is 3. The highest BCUT2D eigenvalue weighted by Crippen LogP contribution is 2.23. The van der Waals surface area contributed by atoms with Gasteiger partial charge in [0.15, 0.2) is 0 Å². The Bertz CT molecular complexity index is 625. The van der Waals surface area contributed by atoms with Crippen LogP contribution in [0, 0.1) is 6.92 Å². The Labute approximate surface area is 130 Å². The first-order valence-electron chi connectivity index (χ1n) is 6.65. The first-order valence-corrected chi connectivity index (χ1v) is 7.53. The lowest BCUT2D eigenvalue weighted by atomic mass is 10.1. The second-order valence-corrected chi connectivity index (χ2v) is 5.95. The molecule has 0 saturated heterocycles. The minimum atomic E-state index is -4.50. The molecular formula is C15H15F3N2OS. The molecule has 0 aliphatic heterocycles. The molecule has 0 aliphatic carbocycles. The predicted molar refractivity (Wildman–Crippen MR) is 78.7 cm³/mol. The van der Waals surface area contributed by atoms with Gasteiger partial charge in [-0.05, 0) is 12.5 Å². The molecular weight excluding hydrogens is 313 g/mol. The second-order valence-electron chi connectivity index (χ2n) is 4.89. The zero-order valence-electron chi connectivity index (χ0n) is 11.9. The number of thiazole rings is 1. The maximum Gasteiger partial charge on any atom is 0.408 e. The lowest BCUT2D eigenvalue weighted by molar-refractivity contribution is -0.161. The molecule has 7 heteroatoms. The minimum absolute atomic E-state index is 0.147. The van der Waals surface area contributed by atoms with Crippen molar-refractivity contribution in [3.63, 3.8) is 0 Å². The third-order valence-corrected chi connectivity index (χ3v) is 3.84. The summed E-state index contributed by atoms with van der Waals surface area (Å²) in [4.78, 5) is 15.9. The van der Waals surface area contributed by atoms with Crippen LogP contribution in [0.5, 0.6) is 0 Å². The van der Waals surface area contributed by atoms with E-state index in [2.05, 4.69) is 10.3 Å². The minimum Gasteiger partial charge on any atom is -0.344 e. The van der Waals surface area contributed by atoms with Crippen molar-refractivity contribution in [2.24, 2.45) is 0 Å². The van der Waals surface area contributed by atoms with Gasteiger partial charge in [0.2, 0.25) is 5.91 Å². The van der Waals surface area contributed by atoms with Crippen molar-refractivity contribution in [3.05, 3.63) is 52.0 Å². The molecule has 1 heterocycles. The Morgan fingerprint density at radius 3 is 2.55 bits per heavy atom. The van der Waals surface area contributed by atoms with Gasteiger partial charge in [-0.15, -0.1) is 11.3 Å². The van der Waals surface area contributed by atoms with E-state index >= 15 is 0 Å². The van der Waals surface area contributed by atoms with Crippen LogP contribution in [0.3, 0.4) is 0 Å². The van der Waals surface area contributed by atoms with E-state index in [1.54, 1.807) is 42.6 Å². The summed E-state index contributed by atoms with van der Waals surface area (Å²) >= 11 is 1.36. The Hall–Kier alpha value is -1.89. The quantitative estimate of drug-likeness (QED) is 0.915. The summed E-state index contributed by atoms with van der Waals surface area (Å²) in [6.07, 6.45) is -4.93. The Balaban J connectivity index is 2.02. The van der Waals surface area contributed by atoms with Crippen LogP contribution < -0.4 is 5.32 Å². The molecule has 0 fully saturated rings. The van der Waals surface area contributed by atoms with Crippen molar-refractivity contribution in [2.75, 3.05) is 0 Å². The monoisotopic (exact) mass is 328 g/mol. The maximum absolute atomic E-state index is 13.1. The van der Waals surface area contributed by atoms with Crippen molar-refractivity contribution in [1.82, 2.24) is 10.3 Å². The molecule has 3 nitrogen and oxygen atoms in total. The van der Waals surface area contributed by atoms with Crippen molar-refractivity contribution >= 4 is 17.2 Å². The van der Waals surface area contributed by atoms with Crippen LogP contribution in [0.1, 0.15) is 16.3 Å². The van der Waals surface area contributed by atoms with E-state index in [0.717, 1.165) is 5.01 Å². The predicted octanol–water partition coefficient (Wildman–Crippen LogP) is 3.28. The number of nitrogens with one attached hydrogen (secondary N) is 1. The van der Waals surface area contributed by atoms with E-state index in [1.807, 2.05) is 0 Å². The summed E-state index contributed by atoms with van der Waals surface area (Å²) in [6.45, 7) is 1.78.